The Balaban J connectivity index is 2.89. The molecule has 3 heteroatoms. The van der Waals surface area contributed by atoms with Crippen molar-refractivity contribution in [1.82, 2.24) is 0 Å². The van der Waals surface area contributed by atoms with E-state index >= 15 is 0 Å². The van der Waals surface area contributed by atoms with Crippen molar-refractivity contribution in [3.63, 3.8) is 0 Å². The van der Waals surface area contributed by atoms with Gasteiger partial charge in [0.2, 0.25) is 0 Å². The maximum atomic E-state index is 11.3. The minimum atomic E-state index is -0.112. The lowest BCUT2D eigenvalue weighted by molar-refractivity contribution is -0.117. The van der Waals surface area contributed by atoms with Gasteiger partial charge >= 0.3 is 0 Å². The Kier molecular flexibility index (Phi) is 3.92. The Morgan fingerprint density at radius 2 is 1.87 bits per heavy atom. The maximum absolute atomic E-state index is 11.3. The number of carbonyl (C=O) groups is 1. The third-order valence-corrected chi connectivity index (χ3v) is 2.24. The van der Waals surface area contributed by atoms with Gasteiger partial charge in [0.25, 0.3) is 0 Å². The van der Waals surface area contributed by atoms with Crippen LogP contribution < -0.4 is 0 Å². The Morgan fingerprint density at radius 3 is 2.33 bits per heavy atom. The lowest BCUT2D eigenvalue weighted by atomic mass is 10.1. The molecule has 2 nitrogen and oxygen atoms in total. The van der Waals surface area contributed by atoms with E-state index in [1.165, 1.54) is 6.08 Å². The fraction of sp³-hybridized carbons (Fsp3) is 0.250. The molecule has 0 saturated heterocycles. The summed E-state index contributed by atoms with van der Waals surface area (Å²) < 4.78 is 0. The van der Waals surface area contributed by atoms with E-state index in [2.05, 4.69) is 0 Å². The molecular formula is C12H13ClO2. The van der Waals surface area contributed by atoms with E-state index in [1.54, 1.807) is 38.1 Å². The van der Waals surface area contributed by atoms with Gasteiger partial charge < -0.3 is 5.11 Å². The van der Waals surface area contributed by atoms with Crippen LogP contribution in [0.25, 0.3) is 5.76 Å². The molecule has 0 unspecified atom stereocenters. The highest BCUT2D eigenvalue weighted by atomic mass is 35.5. The van der Waals surface area contributed by atoms with Crippen molar-refractivity contribution in [1.29, 1.82) is 0 Å². The molecule has 0 radical (unpaired) electrons. The van der Waals surface area contributed by atoms with Crippen LogP contribution >= 0.6 is 11.6 Å². The van der Waals surface area contributed by atoms with Gasteiger partial charge in [0.1, 0.15) is 5.76 Å². The van der Waals surface area contributed by atoms with E-state index in [0.29, 0.717) is 10.6 Å². The molecule has 15 heavy (non-hydrogen) atoms. The molecule has 0 bridgehead atoms. The number of rotatable bonds is 3. The van der Waals surface area contributed by atoms with Crippen LogP contribution in [-0.2, 0) is 4.79 Å². The standard InChI is InChI=1S/C12H13ClO2/c1-8(2)11(14)7-12(15)9-3-5-10(13)6-4-9/h3-8,15H,1-2H3. The van der Waals surface area contributed by atoms with Crippen LogP contribution in [0.4, 0.5) is 0 Å². The van der Waals surface area contributed by atoms with E-state index in [9.17, 15) is 9.90 Å². The number of halogens is 1. The molecule has 1 N–H and O–H groups in total. The zero-order valence-electron chi connectivity index (χ0n) is 8.70. The maximum Gasteiger partial charge on any atom is 0.161 e. The number of aliphatic hydroxyl groups is 1. The summed E-state index contributed by atoms with van der Waals surface area (Å²) in [7, 11) is 0. The number of benzene rings is 1. The number of allylic oxidation sites excluding steroid dienone is 1. The normalized spacial score (nSPS) is 11.9. The third-order valence-electron chi connectivity index (χ3n) is 1.99. The zero-order valence-corrected chi connectivity index (χ0v) is 9.45. The summed E-state index contributed by atoms with van der Waals surface area (Å²) >= 11 is 5.70. The fourth-order valence-electron chi connectivity index (χ4n) is 1.01. The van der Waals surface area contributed by atoms with Gasteiger partial charge in [-0.25, -0.2) is 0 Å². The summed E-state index contributed by atoms with van der Waals surface area (Å²) in [5.74, 6) is -0.229. The minimum absolute atomic E-state index is 0.0228. The first kappa shape index (κ1) is 11.8. The summed E-state index contributed by atoms with van der Waals surface area (Å²) in [6, 6.07) is 6.67. The van der Waals surface area contributed by atoms with Crippen molar-refractivity contribution in [3.8, 4) is 0 Å². The van der Waals surface area contributed by atoms with Crippen molar-refractivity contribution in [3.05, 3.63) is 40.9 Å². The summed E-state index contributed by atoms with van der Waals surface area (Å²) in [5.41, 5.74) is 0.591. The first-order valence-electron chi connectivity index (χ1n) is 4.71. The average Bonchev–Trinajstić information content (AvgIpc) is 2.18. The molecule has 0 aromatic heterocycles. The molecular weight excluding hydrogens is 212 g/mol. The molecule has 0 spiro atoms. The molecule has 0 fully saturated rings. The van der Waals surface area contributed by atoms with Crippen LogP contribution in [0.5, 0.6) is 0 Å². The number of carbonyl (C=O) groups excluding carboxylic acids is 1. The molecule has 1 rings (SSSR count). The van der Waals surface area contributed by atoms with E-state index < -0.39 is 0 Å². The summed E-state index contributed by atoms with van der Waals surface area (Å²) in [4.78, 5) is 11.3. The van der Waals surface area contributed by atoms with Gasteiger partial charge in [-0.05, 0) is 24.3 Å². The fourth-order valence-corrected chi connectivity index (χ4v) is 1.13. The SMILES string of the molecule is CC(C)C(=O)C=C(O)c1ccc(Cl)cc1. The quantitative estimate of drug-likeness (QED) is 0.631. The second-order valence-corrected chi connectivity index (χ2v) is 4.03. The highest BCUT2D eigenvalue weighted by Crippen LogP contribution is 2.16. The van der Waals surface area contributed by atoms with E-state index in [1.807, 2.05) is 0 Å². The predicted molar refractivity (Wildman–Crippen MR) is 61.9 cm³/mol. The predicted octanol–water partition coefficient (Wildman–Crippen LogP) is 3.46. The second-order valence-electron chi connectivity index (χ2n) is 3.59. The van der Waals surface area contributed by atoms with Crippen LogP contribution in [-0.4, -0.2) is 10.9 Å². The van der Waals surface area contributed by atoms with Gasteiger partial charge in [-0.1, -0.05) is 25.4 Å². The molecule has 1 aromatic rings. The van der Waals surface area contributed by atoms with Crippen LogP contribution in [0.15, 0.2) is 30.3 Å². The van der Waals surface area contributed by atoms with Crippen molar-refractivity contribution >= 4 is 23.1 Å². The first-order chi connectivity index (χ1) is 7.00. The number of hydrogen-bond acceptors (Lipinski definition) is 2. The van der Waals surface area contributed by atoms with Gasteiger partial charge in [-0.15, -0.1) is 0 Å². The summed E-state index contributed by atoms with van der Waals surface area (Å²) in [6.45, 7) is 3.57. The number of ketones is 1. The Morgan fingerprint density at radius 1 is 1.33 bits per heavy atom. The van der Waals surface area contributed by atoms with Crippen molar-refractivity contribution < 1.29 is 9.90 Å². The minimum Gasteiger partial charge on any atom is -0.507 e. The smallest absolute Gasteiger partial charge is 0.161 e. The van der Waals surface area contributed by atoms with Gasteiger partial charge in [-0.3, -0.25) is 4.79 Å². The summed E-state index contributed by atoms with van der Waals surface area (Å²) in [5, 5.41) is 10.2. The van der Waals surface area contributed by atoms with Crippen molar-refractivity contribution in [2.75, 3.05) is 0 Å². The van der Waals surface area contributed by atoms with Crippen molar-refractivity contribution in [2.24, 2.45) is 5.92 Å². The third kappa shape index (κ3) is 3.40. The van der Waals surface area contributed by atoms with Crippen molar-refractivity contribution in [2.45, 2.75) is 13.8 Å². The number of aliphatic hydroxyl groups excluding tert-OH is 1. The van der Waals surface area contributed by atoms with E-state index in [0.717, 1.165) is 0 Å². The van der Waals surface area contributed by atoms with Gasteiger partial charge in [-0.2, -0.15) is 0 Å². The monoisotopic (exact) mass is 224 g/mol. The highest BCUT2D eigenvalue weighted by Gasteiger charge is 2.06. The lowest BCUT2D eigenvalue weighted by Crippen LogP contribution is -2.03. The number of hydrogen-bond donors (Lipinski definition) is 1. The average molecular weight is 225 g/mol. The molecule has 0 atom stereocenters. The Labute approximate surface area is 94.2 Å². The van der Waals surface area contributed by atoms with Crippen LogP contribution in [0.1, 0.15) is 19.4 Å². The largest absolute Gasteiger partial charge is 0.507 e. The van der Waals surface area contributed by atoms with Crippen LogP contribution in [0, 0.1) is 5.92 Å². The zero-order chi connectivity index (χ0) is 11.4. The molecule has 0 amide bonds. The molecule has 0 heterocycles. The topological polar surface area (TPSA) is 37.3 Å². The van der Waals surface area contributed by atoms with Gasteiger partial charge in [0, 0.05) is 22.6 Å². The van der Waals surface area contributed by atoms with E-state index in [-0.39, 0.29) is 17.5 Å². The van der Waals surface area contributed by atoms with E-state index in [4.69, 9.17) is 11.6 Å². The highest BCUT2D eigenvalue weighted by molar-refractivity contribution is 6.30. The molecule has 0 aliphatic rings. The van der Waals surface area contributed by atoms with Gasteiger partial charge in [0.15, 0.2) is 5.78 Å². The molecule has 1 aromatic carbocycles. The molecule has 0 aliphatic heterocycles. The Hall–Kier alpha value is -1.28. The summed E-state index contributed by atoms with van der Waals surface area (Å²) in [6.07, 6.45) is 1.24. The van der Waals surface area contributed by atoms with Gasteiger partial charge in [0.05, 0.1) is 0 Å². The first-order valence-corrected chi connectivity index (χ1v) is 5.09. The van der Waals surface area contributed by atoms with Crippen LogP contribution in [0.2, 0.25) is 5.02 Å². The molecule has 0 aliphatic carbocycles. The lowest BCUT2D eigenvalue weighted by Gasteiger charge is -2.02. The second kappa shape index (κ2) is 4.99. The molecule has 0 saturated carbocycles. The Bertz CT molecular complexity index is 377. The van der Waals surface area contributed by atoms with Crippen LogP contribution in [0.3, 0.4) is 0 Å². The molecule has 80 valence electrons.